The third-order valence-corrected chi connectivity index (χ3v) is 7.26. The van der Waals surface area contributed by atoms with Crippen LogP contribution in [0.2, 0.25) is 0 Å². The minimum Gasteiger partial charge on any atom is -0.299 e. The maximum Gasteiger partial charge on any atom is 0.211 e. The second kappa shape index (κ2) is 6.84. The first-order valence-electron chi connectivity index (χ1n) is 10.1. The van der Waals surface area contributed by atoms with E-state index in [1.807, 2.05) is 18.2 Å². The van der Waals surface area contributed by atoms with Crippen molar-refractivity contribution in [3.8, 4) is 0 Å². The molecule has 144 valence electrons. The average molecular weight is 369 g/mol. The summed E-state index contributed by atoms with van der Waals surface area (Å²) in [5.41, 5.74) is 0.293. The number of hydrogen-bond acceptors (Lipinski definition) is 4. The van der Waals surface area contributed by atoms with Crippen molar-refractivity contribution >= 4 is 11.6 Å². The van der Waals surface area contributed by atoms with Gasteiger partial charge in [0, 0.05) is 10.3 Å². The Morgan fingerprint density at radius 2 is 1.59 bits per heavy atom. The zero-order valence-electron chi connectivity index (χ0n) is 15.8. The third kappa shape index (κ3) is 3.32. The summed E-state index contributed by atoms with van der Waals surface area (Å²) in [5.74, 6) is -0.0417. The van der Waals surface area contributed by atoms with E-state index in [1.54, 1.807) is 12.1 Å². The highest BCUT2D eigenvalue weighted by molar-refractivity contribution is 6.05. The van der Waals surface area contributed by atoms with Gasteiger partial charge in [-0.15, -0.1) is 0 Å². The largest absolute Gasteiger partial charge is 0.299 e. The Kier molecular flexibility index (Phi) is 4.65. The minimum atomic E-state index is -0.908. The standard InChI is InChI=1S/C22H27NO4/c1-14(24)20(19(13-23(26)27)18-5-3-2-4-6-18)21(25)22-10-15-7-16(11-22)9-17(8-15)12-22/h2-6,15-17,19-20H,7-13H2,1H3/t15?,16?,17?,19-,20?,22?/m1/s1. The highest BCUT2D eigenvalue weighted by atomic mass is 16.6. The van der Waals surface area contributed by atoms with E-state index in [0.717, 1.165) is 19.3 Å². The van der Waals surface area contributed by atoms with Crippen molar-refractivity contribution < 1.29 is 14.5 Å². The molecule has 5 rings (SSSR count). The highest BCUT2D eigenvalue weighted by Gasteiger charge is 2.57. The smallest absolute Gasteiger partial charge is 0.211 e. The van der Waals surface area contributed by atoms with Gasteiger partial charge in [0.05, 0.1) is 11.8 Å². The maximum absolute atomic E-state index is 13.8. The molecule has 0 heterocycles. The van der Waals surface area contributed by atoms with E-state index >= 15 is 0 Å². The molecule has 2 atom stereocenters. The van der Waals surface area contributed by atoms with Crippen molar-refractivity contribution in [3.63, 3.8) is 0 Å². The van der Waals surface area contributed by atoms with Crippen LogP contribution in [-0.4, -0.2) is 23.0 Å². The van der Waals surface area contributed by atoms with Crippen LogP contribution in [0.25, 0.3) is 0 Å². The Morgan fingerprint density at radius 3 is 2.04 bits per heavy atom. The molecule has 0 aliphatic heterocycles. The molecule has 0 aromatic heterocycles. The fourth-order valence-corrected chi connectivity index (χ4v) is 6.66. The Labute approximate surface area is 159 Å². The van der Waals surface area contributed by atoms with Gasteiger partial charge in [0.25, 0.3) is 0 Å². The number of benzene rings is 1. The number of hydrogen-bond donors (Lipinski definition) is 0. The molecule has 4 bridgehead atoms. The van der Waals surface area contributed by atoms with E-state index in [0.29, 0.717) is 23.3 Å². The maximum atomic E-state index is 13.8. The first-order chi connectivity index (χ1) is 12.9. The topological polar surface area (TPSA) is 77.3 Å². The summed E-state index contributed by atoms with van der Waals surface area (Å²) in [6, 6.07) is 9.08. The number of carbonyl (C=O) groups is 2. The van der Waals surface area contributed by atoms with Crippen molar-refractivity contribution in [1.82, 2.24) is 0 Å². The molecule has 4 saturated carbocycles. The fourth-order valence-electron chi connectivity index (χ4n) is 6.66. The zero-order valence-corrected chi connectivity index (χ0v) is 15.8. The van der Waals surface area contributed by atoms with Crippen LogP contribution >= 0.6 is 0 Å². The molecule has 1 aromatic carbocycles. The number of ketones is 2. The number of nitro groups is 1. The van der Waals surface area contributed by atoms with Crippen LogP contribution in [0.1, 0.15) is 56.9 Å². The van der Waals surface area contributed by atoms with Crippen molar-refractivity contribution in [2.24, 2.45) is 29.1 Å². The van der Waals surface area contributed by atoms with E-state index in [4.69, 9.17) is 0 Å². The molecule has 0 radical (unpaired) electrons. The first kappa shape index (κ1) is 18.3. The summed E-state index contributed by atoms with van der Waals surface area (Å²) in [7, 11) is 0. The van der Waals surface area contributed by atoms with Gasteiger partial charge in [0.15, 0.2) is 0 Å². The van der Waals surface area contributed by atoms with Crippen LogP contribution < -0.4 is 0 Å². The number of Topliss-reactive ketones (excluding diaryl/α,β-unsaturated/α-hetero) is 2. The van der Waals surface area contributed by atoms with Gasteiger partial charge in [0.2, 0.25) is 6.54 Å². The molecule has 5 nitrogen and oxygen atoms in total. The Bertz CT molecular complexity index is 722. The van der Waals surface area contributed by atoms with E-state index in [9.17, 15) is 19.7 Å². The lowest BCUT2D eigenvalue weighted by Gasteiger charge is -2.56. The molecule has 0 amide bonds. The lowest BCUT2D eigenvalue weighted by molar-refractivity contribution is -0.484. The summed E-state index contributed by atoms with van der Waals surface area (Å²) in [6.45, 7) is 1.05. The number of carbonyl (C=O) groups excluding carboxylic acids is 2. The van der Waals surface area contributed by atoms with Gasteiger partial charge in [-0.05, 0) is 68.8 Å². The zero-order chi connectivity index (χ0) is 19.2. The van der Waals surface area contributed by atoms with E-state index in [2.05, 4.69) is 0 Å². The SMILES string of the molecule is CC(=O)C(C(=O)C12CC3CC(CC(C3)C1)C2)[C@H](C[N+](=O)[O-])c1ccccc1. The summed E-state index contributed by atoms with van der Waals surface area (Å²) in [5, 5.41) is 11.4. The van der Waals surface area contributed by atoms with Gasteiger partial charge in [0.1, 0.15) is 11.6 Å². The summed E-state index contributed by atoms with van der Waals surface area (Å²) in [4.78, 5) is 37.4. The number of rotatable bonds is 7. The summed E-state index contributed by atoms with van der Waals surface area (Å²) < 4.78 is 0. The van der Waals surface area contributed by atoms with Crippen molar-refractivity contribution in [3.05, 3.63) is 46.0 Å². The average Bonchev–Trinajstić information content (AvgIpc) is 2.60. The van der Waals surface area contributed by atoms with Crippen LogP contribution in [0.5, 0.6) is 0 Å². The highest BCUT2D eigenvalue weighted by Crippen LogP contribution is 2.61. The molecular weight excluding hydrogens is 342 g/mol. The molecule has 4 fully saturated rings. The normalized spacial score (nSPS) is 33.4. The van der Waals surface area contributed by atoms with Gasteiger partial charge < -0.3 is 0 Å². The Morgan fingerprint density at radius 1 is 1.07 bits per heavy atom. The second-order valence-corrected chi connectivity index (χ2v) is 9.18. The minimum absolute atomic E-state index is 0.00944. The van der Waals surface area contributed by atoms with Gasteiger partial charge in [-0.3, -0.25) is 19.7 Å². The van der Waals surface area contributed by atoms with Gasteiger partial charge >= 0.3 is 0 Å². The van der Waals surface area contributed by atoms with Crippen LogP contribution in [0, 0.1) is 39.2 Å². The lowest BCUT2D eigenvalue weighted by atomic mass is 9.47. The van der Waals surface area contributed by atoms with Gasteiger partial charge in [-0.2, -0.15) is 0 Å². The molecule has 1 aromatic rings. The monoisotopic (exact) mass is 369 g/mol. The quantitative estimate of drug-likeness (QED) is 0.413. The van der Waals surface area contributed by atoms with Crippen LogP contribution in [-0.2, 0) is 9.59 Å². The molecular formula is C22H27NO4. The van der Waals surface area contributed by atoms with E-state index in [-0.39, 0.29) is 23.0 Å². The molecule has 5 heteroatoms. The Hall–Kier alpha value is -2.04. The molecule has 27 heavy (non-hydrogen) atoms. The molecule has 4 aliphatic rings. The fraction of sp³-hybridized carbons (Fsp3) is 0.636. The predicted molar refractivity (Wildman–Crippen MR) is 101 cm³/mol. The summed E-state index contributed by atoms with van der Waals surface area (Å²) >= 11 is 0. The van der Waals surface area contributed by atoms with Crippen LogP contribution in [0.3, 0.4) is 0 Å². The molecule has 4 aliphatic carbocycles. The predicted octanol–water partition coefficient (Wildman–Crippen LogP) is 4.04. The molecule has 0 saturated heterocycles. The first-order valence-corrected chi connectivity index (χ1v) is 10.1. The van der Waals surface area contributed by atoms with Crippen molar-refractivity contribution in [2.75, 3.05) is 6.54 Å². The number of nitrogens with zero attached hydrogens (tertiary/aromatic N) is 1. The van der Waals surface area contributed by atoms with Crippen molar-refractivity contribution in [2.45, 2.75) is 51.4 Å². The molecule has 0 N–H and O–H groups in total. The summed E-state index contributed by atoms with van der Waals surface area (Å²) in [6.07, 6.45) is 6.28. The third-order valence-electron chi connectivity index (χ3n) is 7.26. The van der Waals surface area contributed by atoms with E-state index in [1.165, 1.54) is 26.2 Å². The lowest BCUT2D eigenvalue weighted by Crippen LogP contribution is -2.53. The van der Waals surface area contributed by atoms with Crippen LogP contribution in [0.15, 0.2) is 30.3 Å². The van der Waals surface area contributed by atoms with Crippen LogP contribution in [0.4, 0.5) is 0 Å². The van der Waals surface area contributed by atoms with Crippen molar-refractivity contribution in [1.29, 1.82) is 0 Å². The van der Waals surface area contributed by atoms with E-state index < -0.39 is 17.3 Å². The van der Waals surface area contributed by atoms with Gasteiger partial charge in [-0.25, -0.2) is 0 Å². The van der Waals surface area contributed by atoms with Gasteiger partial charge in [-0.1, -0.05) is 30.3 Å². The Balaban J connectivity index is 1.69. The molecule has 1 unspecified atom stereocenters. The molecule has 0 spiro atoms. The second-order valence-electron chi connectivity index (χ2n) is 9.18.